The Morgan fingerprint density at radius 1 is 1.19 bits per heavy atom. The lowest BCUT2D eigenvalue weighted by Gasteiger charge is -2.31. The van der Waals surface area contributed by atoms with E-state index in [2.05, 4.69) is 27.8 Å². The maximum atomic E-state index is 12.3. The highest BCUT2D eigenvalue weighted by Crippen LogP contribution is 2.12. The largest absolute Gasteiger partial charge is 0.450 e. The summed E-state index contributed by atoms with van der Waals surface area (Å²) >= 11 is 0. The number of hydrogen-bond acceptors (Lipinski definition) is 6. The van der Waals surface area contributed by atoms with Crippen LogP contribution in [0.25, 0.3) is 0 Å². The van der Waals surface area contributed by atoms with Crippen molar-refractivity contribution in [1.82, 2.24) is 20.4 Å². The van der Waals surface area contributed by atoms with Gasteiger partial charge in [-0.25, -0.2) is 4.79 Å². The Morgan fingerprint density at radius 2 is 1.96 bits per heavy atom. The van der Waals surface area contributed by atoms with Crippen LogP contribution in [-0.4, -0.2) is 59.4 Å². The molecule has 1 fully saturated rings. The van der Waals surface area contributed by atoms with Gasteiger partial charge in [-0.2, -0.15) is 0 Å². The molecule has 1 saturated heterocycles. The molecule has 0 saturated carbocycles. The molecule has 0 spiro atoms. The molecule has 0 bridgehead atoms. The fourth-order valence-electron chi connectivity index (χ4n) is 2.82. The standard InChI is InChI=1S/C18H29N5O3/c1-3-5-6-11-19-16-8-7-15(21-22-16)17(24)20-14-9-12-23(13-10-14)18(25)26-4-2/h7-8,14H,3-6,9-13H2,1-2H3,(H,19,22)(H,20,24). The van der Waals surface area contributed by atoms with Crippen LogP contribution >= 0.6 is 0 Å². The molecule has 144 valence electrons. The number of nitrogens with zero attached hydrogens (tertiary/aromatic N) is 3. The number of carbonyl (C=O) groups is 2. The third-order valence-corrected chi connectivity index (χ3v) is 4.34. The smallest absolute Gasteiger partial charge is 0.409 e. The number of piperidine rings is 1. The molecule has 0 aromatic carbocycles. The minimum atomic E-state index is -0.287. The van der Waals surface area contributed by atoms with Gasteiger partial charge in [-0.1, -0.05) is 19.8 Å². The Hall–Kier alpha value is -2.38. The number of likely N-dealkylation sites (tertiary alicyclic amines) is 1. The Bertz CT molecular complexity index is 571. The number of ether oxygens (including phenoxy) is 1. The molecule has 8 nitrogen and oxygen atoms in total. The molecule has 26 heavy (non-hydrogen) atoms. The number of nitrogens with one attached hydrogen (secondary N) is 2. The van der Waals surface area contributed by atoms with Crippen molar-refractivity contribution in [3.8, 4) is 0 Å². The maximum absolute atomic E-state index is 12.3. The van der Waals surface area contributed by atoms with Crippen LogP contribution in [-0.2, 0) is 4.74 Å². The van der Waals surface area contributed by atoms with Crippen molar-refractivity contribution in [1.29, 1.82) is 0 Å². The van der Waals surface area contributed by atoms with Crippen LogP contribution in [0, 0.1) is 0 Å². The Morgan fingerprint density at radius 3 is 2.58 bits per heavy atom. The van der Waals surface area contributed by atoms with Gasteiger partial charge < -0.3 is 20.3 Å². The number of hydrogen-bond donors (Lipinski definition) is 2. The fourth-order valence-corrected chi connectivity index (χ4v) is 2.82. The van der Waals surface area contributed by atoms with Crippen LogP contribution in [0.1, 0.15) is 56.4 Å². The maximum Gasteiger partial charge on any atom is 0.409 e. The van der Waals surface area contributed by atoms with E-state index in [1.54, 1.807) is 24.0 Å². The zero-order chi connectivity index (χ0) is 18.8. The highest BCUT2D eigenvalue weighted by Gasteiger charge is 2.25. The Balaban J connectivity index is 1.75. The SMILES string of the molecule is CCCCCNc1ccc(C(=O)NC2CCN(C(=O)OCC)CC2)nn1. The molecule has 2 rings (SSSR count). The molecule has 1 aromatic rings. The first-order valence-corrected chi connectivity index (χ1v) is 9.44. The predicted molar refractivity (Wildman–Crippen MR) is 99.1 cm³/mol. The van der Waals surface area contributed by atoms with E-state index in [9.17, 15) is 9.59 Å². The second-order valence-corrected chi connectivity index (χ2v) is 6.37. The number of unbranched alkanes of at least 4 members (excludes halogenated alkanes) is 2. The highest BCUT2D eigenvalue weighted by molar-refractivity contribution is 5.92. The molecular formula is C18H29N5O3. The van der Waals surface area contributed by atoms with E-state index in [1.165, 1.54) is 12.8 Å². The van der Waals surface area contributed by atoms with E-state index in [1.807, 2.05) is 0 Å². The molecule has 8 heteroatoms. The summed E-state index contributed by atoms with van der Waals surface area (Å²) in [6, 6.07) is 3.48. The molecule has 1 aliphatic heterocycles. The molecule has 0 radical (unpaired) electrons. The van der Waals surface area contributed by atoms with Crippen molar-refractivity contribution in [3.63, 3.8) is 0 Å². The van der Waals surface area contributed by atoms with Gasteiger partial charge in [0.1, 0.15) is 5.82 Å². The zero-order valence-corrected chi connectivity index (χ0v) is 15.7. The molecule has 2 N–H and O–H groups in total. The number of rotatable bonds is 8. The molecule has 0 unspecified atom stereocenters. The molecule has 0 aliphatic carbocycles. The Kier molecular flexibility index (Phi) is 8.11. The summed E-state index contributed by atoms with van der Waals surface area (Å²) in [6.07, 6.45) is 4.56. The lowest BCUT2D eigenvalue weighted by atomic mass is 10.1. The Labute approximate surface area is 154 Å². The quantitative estimate of drug-likeness (QED) is 0.689. The van der Waals surface area contributed by atoms with E-state index in [0.29, 0.717) is 44.0 Å². The summed E-state index contributed by atoms with van der Waals surface area (Å²) in [5, 5.41) is 14.2. The van der Waals surface area contributed by atoms with Crippen LogP contribution in [0.3, 0.4) is 0 Å². The van der Waals surface area contributed by atoms with E-state index in [-0.39, 0.29) is 18.0 Å². The molecule has 1 aliphatic rings. The van der Waals surface area contributed by atoms with Gasteiger partial charge in [0, 0.05) is 25.7 Å². The van der Waals surface area contributed by atoms with Gasteiger partial charge in [-0.15, -0.1) is 10.2 Å². The first-order valence-electron chi connectivity index (χ1n) is 9.44. The van der Waals surface area contributed by atoms with Gasteiger partial charge >= 0.3 is 6.09 Å². The first-order chi connectivity index (χ1) is 12.6. The molecular weight excluding hydrogens is 334 g/mol. The van der Waals surface area contributed by atoms with Gasteiger partial charge in [0.2, 0.25) is 0 Å². The minimum absolute atomic E-state index is 0.0295. The lowest BCUT2D eigenvalue weighted by Crippen LogP contribution is -2.46. The summed E-state index contributed by atoms with van der Waals surface area (Å²) in [4.78, 5) is 25.7. The topological polar surface area (TPSA) is 96.5 Å². The van der Waals surface area contributed by atoms with Crippen LogP contribution in [0.5, 0.6) is 0 Å². The molecule has 2 amide bonds. The summed E-state index contributed by atoms with van der Waals surface area (Å²) < 4.78 is 5.00. The third-order valence-electron chi connectivity index (χ3n) is 4.34. The average Bonchev–Trinajstić information content (AvgIpc) is 2.66. The molecule has 2 heterocycles. The summed E-state index contributed by atoms with van der Waals surface area (Å²) in [5.41, 5.74) is 0.303. The van der Waals surface area contributed by atoms with E-state index < -0.39 is 0 Å². The van der Waals surface area contributed by atoms with Crippen molar-refractivity contribution in [2.45, 2.75) is 52.0 Å². The monoisotopic (exact) mass is 363 g/mol. The van der Waals surface area contributed by atoms with E-state index >= 15 is 0 Å². The van der Waals surface area contributed by atoms with Crippen molar-refractivity contribution in [2.75, 3.05) is 31.6 Å². The van der Waals surface area contributed by atoms with E-state index in [4.69, 9.17) is 4.74 Å². The second kappa shape index (κ2) is 10.6. The molecule has 1 aromatic heterocycles. The zero-order valence-electron chi connectivity index (χ0n) is 15.7. The predicted octanol–water partition coefficient (Wildman–Crippen LogP) is 2.43. The third kappa shape index (κ3) is 6.16. The second-order valence-electron chi connectivity index (χ2n) is 6.37. The van der Waals surface area contributed by atoms with Crippen LogP contribution in [0.2, 0.25) is 0 Å². The number of carbonyl (C=O) groups excluding carboxylic acids is 2. The first kappa shape index (κ1) is 19.9. The lowest BCUT2D eigenvalue weighted by molar-refractivity contribution is 0.0856. The fraction of sp³-hybridized carbons (Fsp3) is 0.667. The summed E-state index contributed by atoms with van der Waals surface area (Å²) in [6.45, 7) is 6.34. The summed E-state index contributed by atoms with van der Waals surface area (Å²) in [5.74, 6) is 0.449. The highest BCUT2D eigenvalue weighted by atomic mass is 16.6. The number of amides is 2. The van der Waals surface area contributed by atoms with Gasteiger partial charge in [0.15, 0.2) is 5.69 Å². The van der Waals surface area contributed by atoms with Gasteiger partial charge in [-0.05, 0) is 38.3 Å². The van der Waals surface area contributed by atoms with Crippen molar-refractivity contribution in [2.24, 2.45) is 0 Å². The minimum Gasteiger partial charge on any atom is -0.450 e. The molecule has 0 atom stereocenters. The van der Waals surface area contributed by atoms with Crippen LogP contribution in [0.4, 0.5) is 10.6 Å². The van der Waals surface area contributed by atoms with Crippen LogP contribution < -0.4 is 10.6 Å². The van der Waals surface area contributed by atoms with Gasteiger partial charge in [0.05, 0.1) is 6.61 Å². The summed E-state index contributed by atoms with van der Waals surface area (Å²) in [7, 11) is 0. The van der Waals surface area contributed by atoms with E-state index in [0.717, 1.165) is 13.0 Å². The van der Waals surface area contributed by atoms with Crippen LogP contribution in [0.15, 0.2) is 12.1 Å². The van der Waals surface area contributed by atoms with Crippen molar-refractivity contribution >= 4 is 17.8 Å². The normalized spacial score (nSPS) is 14.8. The number of anilines is 1. The van der Waals surface area contributed by atoms with Crippen molar-refractivity contribution in [3.05, 3.63) is 17.8 Å². The van der Waals surface area contributed by atoms with Crippen molar-refractivity contribution < 1.29 is 14.3 Å². The van der Waals surface area contributed by atoms with Gasteiger partial charge in [-0.3, -0.25) is 4.79 Å². The average molecular weight is 363 g/mol. The number of aromatic nitrogens is 2. The van der Waals surface area contributed by atoms with Gasteiger partial charge in [0.25, 0.3) is 5.91 Å².